The van der Waals surface area contributed by atoms with Crippen molar-refractivity contribution in [3.05, 3.63) is 59.9 Å². The van der Waals surface area contributed by atoms with Crippen LogP contribution in [0.1, 0.15) is 18.3 Å². The van der Waals surface area contributed by atoms with Crippen LogP contribution in [-0.4, -0.2) is 68.8 Å². The molecule has 0 atom stereocenters. The Morgan fingerprint density at radius 3 is 2.32 bits per heavy atom. The van der Waals surface area contributed by atoms with Crippen LogP contribution in [0.15, 0.2) is 48.5 Å². The lowest BCUT2D eigenvalue weighted by Gasteiger charge is -2.34. The number of aromatic nitrogens is 4. The van der Waals surface area contributed by atoms with Crippen LogP contribution in [0.3, 0.4) is 0 Å². The molecule has 34 heavy (non-hydrogen) atoms. The summed E-state index contributed by atoms with van der Waals surface area (Å²) in [7, 11) is 0. The summed E-state index contributed by atoms with van der Waals surface area (Å²) in [6, 6.07) is 11.5. The van der Waals surface area contributed by atoms with Gasteiger partial charge in [-0.1, -0.05) is 0 Å². The first kappa shape index (κ1) is 23.5. The van der Waals surface area contributed by atoms with E-state index < -0.39 is 11.7 Å². The maximum Gasteiger partial charge on any atom is 0.416 e. The van der Waals surface area contributed by atoms with Gasteiger partial charge < -0.3 is 15.0 Å². The van der Waals surface area contributed by atoms with Gasteiger partial charge in [-0.05, 0) is 65.9 Å². The number of rotatable bonds is 6. The number of benzene rings is 2. The summed E-state index contributed by atoms with van der Waals surface area (Å²) < 4.78 is 45.2. The van der Waals surface area contributed by atoms with E-state index in [4.69, 9.17) is 4.74 Å². The van der Waals surface area contributed by atoms with E-state index in [2.05, 4.69) is 25.7 Å². The van der Waals surface area contributed by atoms with Gasteiger partial charge in [-0.3, -0.25) is 4.90 Å². The van der Waals surface area contributed by atoms with Crippen molar-refractivity contribution in [2.75, 3.05) is 38.1 Å². The Labute approximate surface area is 194 Å². The lowest BCUT2D eigenvalue weighted by Crippen LogP contribution is -2.49. The molecule has 0 unspecified atom stereocenters. The highest BCUT2D eigenvalue weighted by molar-refractivity contribution is 5.89. The van der Waals surface area contributed by atoms with Gasteiger partial charge in [0, 0.05) is 31.9 Å². The van der Waals surface area contributed by atoms with Crippen LogP contribution in [0.5, 0.6) is 5.75 Å². The van der Waals surface area contributed by atoms with Crippen LogP contribution < -0.4 is 10.1 Å². The van der Waals surface area contributed by atoms with E-state index in [1.807, 2.05) is 31.2 Å². The van der Waals surface area contributed by atoms with Crippen LogP contribution in [0.2, 0.25) is 0 Å². The number of halogens is 3. The first-order valence-corrected chi connectivity index (χ1v) is 10.8. The molecule has 3 aromatic rings. The van der Waals surface area contributed by atoms with E-state index in [1.165, 1.54) is 12.1 Å². The fourth-order valence-corrected chi connectivity index (χ4v) is 3.61. The fourth-order valence-electron chi connectivity index (χ4n) is 3.61. The number of anilines is 1. The lowest BCUT2D eigenvalue weighted by molar-refractivity contribution is -0.137. The average molecular weight is 475 g/mol. The van der Waals surface area contributed by atoms with Crippen molar-refractivity contribution in [2.45, 2.75) is 19.6 Å². The number of tetrazole rings is 1. The Hall–Kier alpha value is -3.67. The third kappa shape index (κ3) is 5.63. The third-order valence-electron chi connectivity index (χ3n) is 5.41. The molecule has 4 rings (SSSR count). The van der Waals surface area contributed by atoms with Crippen molar-refractivity contribution >= 4 is 11.7 Å². The van der Waals surface area contributed by atoms with E-state index in [9.17, 15) is 18.0 Å². The standard InChI is InChI=1S/C22H24F3N7O2/c1-2-34-19-9-7-18(8-10-19)32-20(27-28-29-32)15-30-11-13-31(14-12-30)21(33)26-17-5-3-16(4-6-17)22(23,24)25/h3-10H,2,11-15H2,1H3,(H,26,33). The first-order valence-electron chi connectivity index (χ1n) is 10.8. The molecule has 2 amide bonds. The number of amides is 2. The summed E-state index contributed by atoms with van der Waals surface area (Å²) in [6.07, 6.45) is -4.41. The molecule has 0 saturated carbocycles. The smallest absolute Gasteiger partial charge is 0.416 e. The molecule has 1 fully saturated rings. The Bertz CT molecular complexity index is 1090. The number of hydrogen-bond acceptors (Lipinski definition) is 6. The number of carbonyl (C=O) groups is 1. The molecule has 2 aromatic carbocycles. The second-order valence-corrected chi connectivity index (χ2v) is 7.70. The Balaban J connectivity index is 1.30. The Morgan fingerprint density at radius 1 is 1.03 bits per heavy atom. The Kier molecular flexibility index (Phi) is 6.96. The van der Waals surface area contributed by atoms with Gasteiger partial charge in [0.2, 0.25) is 0 Å². The van der Waals surface area contributed by atoms with Crippen molar-refractivity contribution in [3.8, 4) is 11.4 Å². The summed E-state index contributed by atoms with van der Waals surface area (Å²) in [4.78, 5) is 16.3. The van der Waals surface area contributed by atoms with E-state index >= 15 is 0 Å². The number of nitrogens with zero attached hydrogens (tertiary/aromatic N) is 6. The molecule has 1 N–H and O–H groups in total. The fraction of sp³-hybridized carbons (Fsp3) is 0.364. The number of hydrogen-bond donors (Lipinski definition) is 1. The van der Waals surface area contributed by atoms with E-state index in [0.717, 1.165) is 23.6 Å². The van der Waals surface area contributed by atoms with E-state index in [0.29, 0.717) is 50.8 Å². The molecule has 0 aliphatic carbocycles. The second kappa shape index (κ2) is 10.1. The number of carbonyl (C=O) groups excluding carboxylic acids is 1. The SMILES string of the molecule is CCOc1ccc(-n2nnnc2CN2CCN(C(=O)Nc3ccc(C(F)(F)F)cc3)CC2)cc1. The molecule has 9 nitrogen and oxygen atoms in total. The van der Waals surface area contributed by atoms with Gasteiger partial charge in [0.25, 0.3) is 0 Å². The molecule has 1 aliphatic rings. The molecule has 0 bridgehead atoms. The number of alkyl halides is 3. The molecule has 12 heteroatoms. The zero-order valence-corrected chi connectivity index (χ0v) is 18.5. The molecule has 0 spiro atoms. The summed E-state index contributed by atoms with van der Waals surface area (Å²) in [5.74, 6) is 1.44. The maximum absolute atomic E-state index is 12.7. The van der Waals surface area contributed by atoms with Crippen molar-refractivity contribution in [2.24, 2.45) is 0 Å². The molecule has 1 saturated heterocycles. The monoisotopic (exact) mass is 475 g/mol. The van der Waals surface area contributed by atoms with Gasteiger partial charge in [-0.15, -0.1) is 5.10 Å². The summed E-state index contributed by atoms with van der Waals surface area (Å²) in [6.45, 7) is 5.17. The van der Waals surface area contributed by atoms with Gasteiger partial charge in [0.15, 0.2) is 5.82 Å². The van der Waals surface area contributed by atoms with Crippen molar-refractivity contribution in [3.63, 3.8) is 0 Å². The van der Waals surface area contributed by atoms with Gasteiger partial charge in [-0.25, -0.2) is 4.79 Å². The number of urea groups is 1. The first-order chi connectivity index (χ1) is 16.3. The van der Waals surface area contributed by atoms with E-state index in [1.54, 1.807) is 9.58 Å². The molecule has 1 aliphatic heterocycles. The second-order valence-electron chi connectivity index (χ2n) is 7.70. The molecule has 1 aromatic heterocycles. The average Bonchev–Trinajstić information content (AvgIpc) is 3.28. The minimum absolute atomic E-state index is 0.315. The third-order valence-corrected chi connectivity index (χ3v) is 5.41. The van der Waals surface area contributed by atoms with E-state index in [-0.39, 0.29) is 6.03 Å². The van der Waals surface area contributed by atoms with Crippen molar-refractivity contribution < 1.29 is 22.7 Å². The van der Waals surface area contributed by atoms with Gasteiger partial charge >= 0.3 is 12.2 Å². The summed E-state index contributed by atoms with van der Waals surface area (Å²) in [5, 5.41) is 14.7. The van der Waals surface area contributed by atoms with Crippen LogP contribution in [0, 0.1) is 0 Å². The van der Waals surface area contributed by atoms with Crippen molar-refractivity contribution in [1.29, 1.82) is 0 Å². The Morgan fingerprint density at radius 2 is 1.71 bits per heavy atom. The van der Waals surface area contributed by atoms with Gasteiger partial charge in [0.1, 0.15) is 5.75 Å². The van der Waals surface area contributed by atoms with Gasteiger partial charge in [0.05, 0.1) is 24.4 Å². The van der Waals surface area contributed by atoms with Crippen LogP contribution in [0.4, 0.5) is 23.7 Å². The molecule has 0 radical (unpaired) electrons. The number of ether oxygens (including phenoxy) is 1. The predicted octanol–water partition coefficient (Wildman–Crippen LogP) is 3.43. The van der Waals surface area contributed by atoms with Crippen LogP contribution in [0.25, 0.3) is 5.69 Å². The largest absolute Gasteiger partial charge is 0.494 e. The summed E-state index contributed by atoms with van der Waals surface area (Å²) >= 11 is 0. The normalized spacial score (nSPS) is 14.8. The number of piperazine rings is 1. The zero-order valence-electron chi connectivity index (χ0n) is 18.5. The maximum atomic E-state index is 12.7. The van der Waals surface area contributed by atoms with Crippen LogP contribution in [-0.2, 0) is 12.7 Å². The van der Waals surface area contributed by atoms with Crippen LogP contribution >= 0.6 is 0 Å². The highest BCUT2D eigenvalue weighted by Gasteiger charge is 2.30. The van der Waals surface area contributed by atoms with Gasteiger partial charge in [-0.2, -0.15) is 17.9 Å². The topological polar surface area (TPSA) is 88.4 Å². The highest BCUT2D eigenvalue weighted by Crippen LogP contribution is 2.29. The zero-order chi connectivity index (χ0) is 24.1. The van der Waals surface area contributed by atoms with Crippen molar-refractivity contribution in [1.82, 2.24) is 30.0 Å². The quantitative estimate of drug-likeness (QED) is 0.588. The molecule has 2 heterocycles. The molecule has 180 valence electrons. The molecular formula is C22H24F3N7O2. The molecular weight excluding hydrogens is 451 g/mol. The minimum Gasteiger partial charge on any atom is -0.494 e. The lowest BCUT2D eigenvalue weighted by atomic mass is 10.2. The summed E-state index contributed by atoms with van der Waals surface area (Å²) in [5.41, 5.74) is 0.375. The predicted molar refractivity (Wildman–Crippen MR) is 118 cm³/mol. The minimum atomic E-state index is -4.41. The highest BCUT2D eigenvalue weighted by atomic mass is 19.4. The number of nitrogens with one attached hydrogen (secondary N) is 1.